The van der Waals surface area contributed by atoms with Crippen LogP contribution in [0, 0.1) is 46.3 Å². The van der Waals surface area contributed by atoms with Crippen molar-refractivity contribution in [3.8, 4) is 0 Å². The average Bonchev–Trinajstić information content (AvgIpc) is 3.58. The van der Waals surface area contributed by atoms with Crippen LogP contribution in [0.1, 0.15) is 207 Å². The highest BCUT2D eigenvalue weighted by Gasteiger charge is 2.66. The van der Waals surface area contributed by atoms with Gasteiger partial charge in [0.1, 0.15) is 0 Å². The fourth-order valence-corrected chi connectivity index (χ4v) is 13.3. The first-order valence-electron chi connectivity index (χ1n) is 26.0. The second kappa shape index (κ2) is 28.4. The Hall–Kier alpha value is -0.280. The second-order valence-electron chi connectivity index (χ2n) is 20.6. The van der Waals surface area contributed by atoms with Gasteiger partial charge in [0.2, 0.25) is 0 Å². The molecule has 11 atom stereocenters. The van der Waals surface area contributed by atoms with E-state index in [1.54, 1.807) is 0 Å². The van der Waals surface area contributed by atoms with E-state index in [0.717, 1.165) is 52.0 Å². The van der Waals surface area contributed by atoms with Crippen molar-refractivity contribution in [2.24, 2.45) is 63.5 Å². The SMILES string of the molecule is CCCCCCCCCCCCCCCCCCNCCC[C@@H](C)C1CC[C@H]2C3[C@H](OCCCN)CC4C[C@H](OCCCN)CCC4(C)[C@H]3C[C@H](OCCCN)C12C. The van der Waals surface area contributed by atoms with E-state index in [1.807, 2.05) is 0 Å². The van der Waals surface area contributed by atoms with Gasteiger partial charge in [0.15, 0.2) is 0 Å². The minimum Gasteiger partial charge on any atom is -0.378 e. The molecule has 342 valence electrons. The Kier molecular flexibility index (Phi) is 24.7. The zero-order chi connectivity index (χ0) is 41.5. The van der Waals surface area contributed by atoms with Crippen molar-refractivity contribution in [3.05, 3.63) is 0 Å². The lowest BCUT2D eigenvalue weighted by atomic mass is 9.43. The number of hydrogen-bond acceptors (Lipinski definition) is 7. The van der Waals surface area contributed by atoms with Crippen LogP contribution in [0.25, 0.3) is 0 Å². The van der Waals surface area contributed by atoms with Gasteiger partial charge in [-0.15, -0.1) is 0 Å². The number of fused-ring (bicyclic) bond motifs is 5. The third kappa shape index (κ3) is 14.9. The van der Waals surface area contributed by atoms with Gasteiger partial charge in [-0.2, -0.15) is 0 Å². The molecule has 0 aromatic carbocycles. The number of rotatable bonds is 34. The summed E-state index contributed by atoms with van der Waals surface area (Å²) in [7, 11) is 0. The molecule has 0 saturated heterocycles. The molecule has 0 amide bonds. The Morgan fingerprint density at radius 2 is 1.14 bits per heavy atom. The number of hydrogen-bond donors (Lipinski definition) is 4. The summed E-state index contributed by atoms with van der Waals surface area (Å²) in [5.74, 6) is 3.91. The van der Waals surface area contributed by atoms with Crippen LogP contribution in [0.2, 0.25) is 0 Å². The molecular formula is C51H100N4O3. The molecule has 58 heavy (non-hydrogen) atoms. The molecule has 0 aromatic heterocycles. The van der Waals surface area contributed by atoms with Gasteiger partial charge >= 0.3 is 0 Å². The highest BCUT2D eigenvalue weighted by atomic mass is 16.5. The van der Waals surface area contributed by atoms with Gasteiger partial charge in [0.25, 0.3) is 0 Å². The van der Waals surface area contributed by atoms with E-state index >= 15 is 0 Å². The molecule has 7 nitrogen and oxygen atoms in total. The largest absolute Gasteiger partial charge is 0.378 e. The predicted octanol–water partition coefficient (Wildman–Crippen LogP) is 11.3. The molecule has 4 saturated carbocycles. The molecule has 0 heterocycles. The zero-order valence-electron chi connectivity index (χ0n) is 39.1. The van der Waals surface area contributed by atoms with E-state index < -0.39 is 0 Å². The maximum atomic E-state index is 7.08. The van der Waals surface area contributed by atoms with Gasteiger partial charge in [0.05, 0.1) is 18.3 Å². The molecule has 0 radical (unpaired) electrons. The van der Waals surface area contributed by atoms with Gasteiger partial charge in [-0.25, -0.2) is 0 Å². The lowest BCUT2D eigenvalue weighted by Gasteiger charge is -2.65. The third-order valence-corrected chi connectivity index (χ3v) is 16.7. The van der Waals surface area contributed by atoms with Crippen molar-refractivity contribution in [1.29, 1.82) is 0 Å². The molecule has 5 unspecified atom stereocenters. The minimum absolute atomic E-state index is 0.178. The van der Waals surface area contributed by atoms with Crippen LogP contribution in [0.15, 0.2) is 0 Å². The topological polar surface area (TPSA) is 118 Å². The Morgan fingerprint density at radius 3 is 1.74 bits per heavy atom. The average molecular weight is 817 g/mol. The van der Waals surface area contributed by atoms with Crippen molar-refractivity contribution in [2.75, 3.05) is 52.5 Å². The highest BCUT2D eigenvalue weighted by molar-refractivity contribution is 5.15. The minimum atomic E-state index is 0.178. The zero-order valence-corrected chi connectivity index (χ0v) is 39.1. The van der Waals surface area contributed by atoms with E-state index in [1.165, 1.54) is 161 Å². The van der Waals surface area contributed by atoms with Gasteiger partial charge in [-0.3, -0.25) is 0 Å². The van der Waals surface area contributed by atoms with Gasteiger partial charge in [-0.05, 0) is 157 Å². The summed E-state index contributed by atoms with van der Waals surface area (Å²) < 4.78 is 20.5. The van der Waals surface area contributed by atoms with Crippen molar-refractivity contribution in [1.82, 2.24) is 5.32 Å². The standard InChI is InChI=1S/C51H100N4O3/c1-5-6-7-8-9-10-11-12-13-14-15-16-17-18-19-20-33-55-34-21-25-41(2)44-26-27-45-49-46(40-48(51(44,45)4)58-37-24-32-54)50(3)29-28-43(56-35-22-30-52)38-42(50)39-47(49)57-36-23-31-53/h41-49,55H,5-40,52-54H2,1-4H3/t41-,42?,43-,44?,45+,46+,47-,48+,49?,50?,51?/m1/s1. The summed E-state index contributed by atoms with van der Waals surface area (Å²) in [6.07, 6.45) is 37.9. The van der Waals surface area contributed by atoms with Crippen molar-refractivity contribution >= 4 is 0 Å². The van der Waals surface area contributed by atoms with E-state index in [9.17, 15) is 0 Å². The quantitative estimate of drug-likeness (QED) is 0.0478. The van der Waals surface area contributed by atoms with Crippen LogP contribution in [-0.2, 0) is 14.2 Å². The molecule has 7 heteroatoms. The summed E-state index contributed by atoms with van der Waals surface area (Å²) in [4.78, 5) is 0. The molecule has 0 aliphatic heterocycles. The van der Waals surface area contributed by atoms with E-state index in [-0.39, 0.29) is 5.41 Å². The summed E-state index contributed by atoms with van der Waals surface area (Å²) in [5.41, 5.74) is 18.4. The van der Waals surface area contributed by atoms with Crippen LogP contribution in [0.4, 0.5) is 0 Å². The van der Waals surface area contributed by atoms with Crippen molar-refractivity contribution in [3.63, 3.8) is 0 Å². The Bertz CT molecular complexity index is 1030. The monoisotopic (exact) mass is 817 g/mol. The van der Waals surface area contributed by atoms with E-state index in [0.29, 0.717) is 78.9 Å². The van der Waals surface area contributed by atoms with Crippen LogP contribution in [0.5, 0.6) is 0 Å². The Balaban J connectivity index is 1.22. The first-order valence-corrected chi connectivity index (χ1v) is 26.0. The summed E-state index contributed by atoms with van der Waals surface area (Å²) in [5, 5.41) is 3.83. The van der Waals surface area contributed by atoms with E-state index in [2.05, 4.69) is 33.0 Å². The van der Waals surface area contributed by atoms with E-state index in [4.69, 9.17) is 31.4 Å². The van der Waals surface area contributed by atoms with Crippen LogP contribution in [-0.4, -0.2) is 70.9 Å². The Labute approximate surface area is 360 Å². The molecule has 0 spiro atoms. The van der Waals surface area contributed by atoms with Crippen LogP contribution in [0.3, 0.4) is 0 Å². The molecular weight excluding hydrogens is 717 g/mol. The van der Waals surface area contributed by atoms with Gasteiger partial charge in [-0.1, -0.05) is 124 Å². The Morgan fingerprint density at radius 1 is 0.586 bits per heavy atom. The molecule has 4 aliphatic rings. The van der Waals surface area contributed by atoms with Crippen molar-refractivity contribution in [2.45, 2.75) is 226 Å². The normalized spacial score (nSPS) is 32.5. The highest BCUT2D eigenvalue weighted by Crippen LogP contribution is 2.69. The number of unbranched alkanes of at least 4 members (excludes halogenated alkanes) is 15. The maximum absolute atomic E-state index is 7.08. The maximum Gasteiger partial charge on any atom is 0.0637 e. The molecule has 0 bridgehead atoms. The summed E-state index contributed by atoms with van der Waals surface area (Å²) in [6, 6.07) is 0. The van der Waals surface area contributed by atoms with Gasteiger partial charge < -0.3 is 36.7 Å². The fraction of sp³-hybridized carbons (Fsp3) is 1.00. The molecule has 7 N–H and O–H groups in total. The second-order valence-corrected chi connectivity index (χ2v) is 20.6. The smallest absolute Gasteiger partial charge is 0.0637 e. The first-order chi connectivity index (χ1) is 28.3. The third-order valence-electron chi connectivity index (χ3n) is 16.7. The summed E-state index contributed by atoms with van der Waals surface area (Å²) in [6.45, 7) is 17.0. The van der Waals surface area contributed by atoms with Crippen LogP contribution < -0.4 is 22.5 Å². The fourth-order valence-electron chi connectivity index (χ4n) is 13.3. The van der Waals surface area contributed by atoms with Crippen LogP contribution >= 0.6 is 0 Å². The molecule has 4 fully saturated rings. The summed E-state index contributed by atoms with van der Waals surface area (Å²) >= 11 is 0. The molecule has 4 rings (SSSR count). The molecule has 4 aliphatic carbocycles. The van der Waals surface area contributed by atoms with Crippen molar-refractivity contribution < 1.29 is 14.2 Å². The number of ether oxygens (including phenoxy) is 3. The number of nitrogens with one attached hydrogen (secondary N) is 1. The first kappa shape index (κ1) is 50.4. The lowest BCUT2D eigenvalue weighted by Crippen LogP contribution is -2.63. The predicted molar refractivity (Wildman–Crippen MR) is 247 cm³/mol. The number of nitrogens with two attached hydrogens (primary N) is 3. The van der Waals surface area contributed by atoms with Gasteiger partial charge in [0, 0.05) is 25.2 Å². The lowest BCUT2D eigenvalue weighted by molar-refractivity contribution is -0.227. The molecule has 0 aromatic rings.